The second-order valence-corrected chi connectivity index (χ2v) is 3.40. The van der Waals surface area contributed by atoms with Gasteiger partial charge in [-0.05, 0) is 37.1 Å². The van der Waals surface area contributed by atoms with Gasteiger partial charge in [0.1, 0.15) is 5.82 Å². The zero-order valence-electron chi connectivity index (χ0n) is 8.55. The average molecular weight is 197 g/mol. The van der Waals surface area contributed by atoms with Gasteiger partial charge in [-0.2, -0.15) is 0 Å². The highest BCUT2D eigenvalue weighted by Crippen LogP contribution is 2.15. The molecule has 78 valence electrons. The van der Waals surface area contributed by atoms with E-state index in [1.54, 1.807) is 6.07 Å². The van der Waals surface area contributed by atoms with Crippen molar-refractivity contribution in [2.24, 2.45) is 0 Å². The number of benzene rings is 1. The summed E-state index contributed by atoms with van der Waals surface area (Å²) >= 11 is 0. The Bertz CT molecular complexity index is 301. The summed E-state index contributed by atoms with van der Waals surface area (Å²) in [5, 5.41) is 12.4. The first-order valence-corrected chi connectivity index (χ1v) is 4.81. The molecule has 0 unspecified atom stereocenters. The van der Waals surface area contributed by atoms with Crippen molar-refractivity contribution < 1.29 is 9.50 Å². The first-order valence-electron chi connectivity index (χ1n) is 4.81. The minimum absolute atomic E-state index is 0.232. The summed E-state index contributed by atoms with van der Waals surface area (Å²) in [5.74, 6) is -0.232. The van der Waals surface area contributed by atoms with Crippen molar-refractivity contribution in [2.75, 3.05) is 11.9 Å². The van der Waals surface area contributed by atoms with Crippen molar-refractivity contribution >= 4 is 5.69 Å². The molecule has 1 rings (SSSR count). The largest absolute Gasteiger partial charge is 0.391 e. The standard InChI is InChI=1S/C11H16FNO/c1-3-10(14)7-13-11-5-4-9(12)6-8(11)2/h4-6,10,13-14H,3,7H2,1-2H3/t10-/m1/s1. The predicted octanol–water partition coefficient (Wildman–Crippen LogP) is 2.32. The van der Waals surface area contributed by atoms with Gasteiger partial charge in [0.05, 0.1) is 6.10 Å². The van der Waals surface area contributed by atoms with E-state index in [0.29, 0.717) is 13.0 Å². The minimum Gasteiger partial charge on any atom is -0.391 e. The lowest BCUT2D eigenvalue weighted by atomic mass is 10.2. The number of anilines is 1. The quantitative estimate of drug-likeness (QED) is 0.776. The second kappa shape index (κ2) is 4.96. The Morgan fingerprint density at radius 1 is 1.50 bits per heavy atom. The SMILES string of the molecule is CC[C@@H](O)CNc1ccc(F)cc1C. The zero-order chi connectivity index (χ0) is 10.6. The number of halogens is 1. The Morgan fingerprint density at radius 2 is 2.21 bits per heavy atom. The molecule has 0 aliphatic carbocycles. The van der Waals surface area contributed by atoms with Crippen molar-refractivity contribution in [2.45, 2.75) is 26.4 Å². The Labute approximate surface area is 83.8 Å². The minimum atomic E-state index is -0.348. The van der Waals surface area contributed by atoms with Crippen molar-refractivity contribution in [3.05, 3.63) is 29.6 Å². The molecule has 2 N–H and O–H groups in total. The topological polar surface area (TPSA) is 32.3 Å². The van der Waals surface area contributed by atoms with Gasteiger partial charge in [0.25, 0.3) is 0 Å². The number of hydrogen-bond donors (Lipinski definition) is 2. The van der Waals surface area contributed by atoms with Gasteiger partial charge in [-0.15, -0.1) is 0 Å². The molecule has 1 aromatic rings. The lowest BCUT2D eigenvalue weighted by molar-refractivity contribution is 0.183. The lowest BCUT2D eigenvalue weighted by Crippen LogP contribution is -2.18. The van der Waals surface area contributed by atoms with Gasteiger partial charge in [0, 0.05) is 12.2 Å². The summed E-state index contributed by atoms with van der Waals surface area (Å²) in [7, 11) is 0. The van der Waals surface area contributed by atoms with E-state index in [4.69, 9.17) is 0 Å². The fraction of sp³-hybridized carbons (Fsp3) is 0.455. The van der Waals surface area contributed by atoms with E-state index in [9.17, 15) is 9.50 Å². The molecule has 0 bridgehead atoms. The lowest BCUT2D eigenvalue weighted by Gasteiger charge is -2.12. The van der Waals surface area contributed by atoms with Crippen molar-refractivity contribution in [1.82, 2.24) is 0 Å². The van der Waals surface area contributed by atoms with Crippen LogP contribution >= 0.6 is 0 Å². The van der Waals surface area contributed by atoms with Crippen LogP contribution in [0, 0.1) is 12.7 Å². The molecule has 1 aromatic carbocycles. The number of hydrogen-bond acceptors (Lipinski definition) is 2. The van der Waals surface area contributed by atoms with Crippen LogP contribution in [0.3, 0.4) is 0 Å². The van der Waals surface area contributed by atoms with Crippen LogP contribution in [0.4, 0.5) is 10.1 Å². The van der Waals surface area contributed by atoms with Crippen LogP contribution in [0.15, 0.2) is 18.2 Å². The van der Waals surface area contributed by atoms with Gasteiger partial charge in [-0.3, -0.25) is 0 Å². The molecule has 1 atom stereocenters. The van der Waals surface area contributed by atoms with E-state index in [0.717, 1.165) is 11.3 Å². The maximum atomic E-state index is 12.7. The third-order valence-corrected chi connectivity index (χ3v) is 2.19. The molecule has 2 nitrogen and oxygen atoms in total. The molecule has 0 aromatic heterocycles. The van der Waals surface area contributed by atoms with Crippen LogP contribution in [0.2, 0.25) is 0 Å². The molecule has 0 fully saturated rings. The molecule has 0 radical (unpaired) electrons. The summed E-state index contributed by atoms with van der Waals surface area (Å²) in [6.45, 7) is 4.26. The molecule has 0 saturated heterocycles. The van der Waals surface area contributed by atoms with E-state index in [2.05, 4.69) is 5.32 Å². The molecule has 0 aliphatic heterocycles. The maximum Gasteiger partial charge on any atom is 0.123 e. The van der Waals surface area contributed by atoms with E-state index < -0.39 is 0 Å². The van der Waals surface area contributed by atoms with Gasteiger partial charge in [0.15, 0.2) is 0 Å². The first-order chi connectivity index (χ1) is 6.63. The number of aliphatic hydroxyl groups excluding tert-OH is 1. The van der Waals surface area contributed by atoms with Crippen molar-refractivity contribution in [3.63, 3.8) is 0 Å². The van der Waals surface area contributed by atoms with E-state index in [1.165, 1.54) is 12.1 Å². The summed E-state index contributed by atoms with van der Waals surface area (Å²) in [6.07, 6.45) is 0.368. The summed E-state index contributed by atoms with van der Waals surface area (Å²) in [5.41, 5.74) is 1.73. The average Bonchev–Trinajstić information content (AvgIpc) is 2.16. The van der Waals surface area contributed by atoms with Gasteiger partial charge in [-0.1, -0.05) is 6.92 Å². The van der Waals surface area contributed by atoms with Crippen LogP contribution < -0.4 is 5.32 Å². The Balaban J connectivity index is 2.59. The second-order valence-electron chi connectivity index (χ2n) is 3.40. The highest BCUT2D eigenvalue weighted by molar-refractivity contribution is 5.50. The van der Waals surface area contributed by atoms with Crippen LogP contribution in [0.25, 0.3) is 0 Å². The van der Waals surface area contributed by atoms with E-state index in [-0.39, 0.29) is 11.9 Å². The molecule has 0 saturated carbocycles. The third kappa shape index (κ3) is 3.00. The van der Waals surface area contributed by atoms with Gasteiger partial charge < -0.3 is 10.4 Å². The fourth-order valence-corrected chi connectivity index (χ4v) is 1.20. The molecular weight excluding hydrogens is 181 g/mol. The smallest absolute Gasteiger partial charge is 0.123 e. The summed E-state index contributed by atoms with van der Waals surface area (Å²) < 4.78 is 12.7. The highest BCUT2D eigenvalue weighted by atomic mass is 19.1. The van der Waals surface area contributed by atoms with Crippen molar-refractivity contribution in [3.8, 4) is 0 Å². The number of rotatable bonds is 4. The van der Waals surface area contributed by atoms with Crippen LogP contribution in [-0.4, -0.2) is 17.8 Å². The van der Waals surface area contributed by atoms with Crippen LogP contribution in [0.1, 0.15) is 18.9 Å². The number of nitrogens with one attached hydrogen (secondary N) is 1. The molecule has 0 heterocycles. The molecule has 0 amide bonds. The van der Waals surface area contributed by atoms with Gasteiger partial charge in [-0.25, -0.2) is 4.39 Å². The zero-order valence-corrected chi connectivity index (χ0v) is 8.55. The Morgan fingerprint density at radius 3 is 2.79 bits per heavy atom. The molecule has 0 aliphatic rings. The van der Waals surface area contributed by atoms with E-state index >= 15 is 0 Å². The van der Waals surface area contributed by atoms with Gasteiger partial charge in [0.2, 0.25) is 0 Å². The number of aliphatic hydroxyl groups is 1. The van der Waals surface area contributed by atoms with E-state index in [1.807, 2.05) is 13.8 Å². The fourth-order valence-electron chi connectivity index (χ4n) is 1.20. The third-order valence-electron chi connectivity index (χ3n) is 2.19. The van der Waals surface area contributed by atoms with Crippen molar-refractivity contribution in [1.29, 1.82) is 0 Å². The highest BCUT2D eigenvalue weighted by Gasteiger charge is 2.02. The molecular formula is C11H16FNO. The van der Waals surface area contributed by atoms with Gasteiger partial charge >= 0.3 is 0 Å². The summed E-state index contributed by atoms with van der Waals surface area (Å²) in [4.78, 5) is 0. The Hall–Kier alpha value is -1.09. The maximum absolute atomic E-state index is 12.7. The van der Waals surface area contributed by atoms with Crippen LogP contribution in [0.5, 0.6) is 0 Å². The monoisotopic (exact) mass is 197 g/mol. The Kier molecular flexibility index (Phi) is 3.89. The molecule has 0 spiro atoms. The van der Waals surface area contributed by atoms with Crippen LogP contribution in [-0.2, 0) is 0 Å². The molecule has 14 heavy (non-hydrogen) atoms. The first kappa shape index (κ1) is 11.0. The summed E-state index contributed by atoms with van der Waals surface area (Å²) in [6, 6.07) is 4.57. The number of aryl methyl sites for hydroxylation is 1. The predicted molar refractivity (Wildman–Crippen MR) is 55.9 cm³/mol. The normalized spacial score (nSPS) is 12.6. The molecule has 3 heteroatoms.